The zero-order valence-corrected chi connectivity index (χ0v) is 16.2. The molecule has 1 aliphatic rings. The molecule has 2 aromatic heterocycles. The van der Waals surface area contributed by atoms with E-state index in [0.29, 0.717) is 31.0 Å². The molecule has 1 fully saturated rings. The van der Waals surface area contributed by atoms with Gasteiger partial charge in [0.05, 0.1) is 6.61 Å². The molecule has 0 saturated carbocycles. The van der Waals surface area contributed by atoms with E-state index in [1.807, 2.05) is 42.2 Å². The van der Waals surface area contributed by atoms with Gasteiger partial charge in [0, 0.05) is 43.5 Å². The van der Waals surface area contributed by atoms with Gasteiger partial charge in [0.15, 0.2) is 0 Å². The molecule has 4 rings (SSSR count). The third-order valence-corrected chi connectivity index (χ3v) is 4.81. The minimum atomic E-state index is 0.0402. The van der Waals surface area contributed by atoms with Gasteiger partial charge in [-0.25, -0.2) is 4.98 Å². The number of ether oxygens (including phenoxy) is 1. The highest BCUT2D eigenvalue weighted by molar-refractivity contribution is 5.94. The van der Waals surface area contributed by atoms with Crippen molar-refractivity contribution in [1.82, 2.24) is 24.5 Å². The fourth-order valence-corrected chi connectivity index (χ4v) is 3.40. The van der Waals surface area contributed by atoms with E-state index in [0.717, 1.165) is 36.8 Å². The van der Waals surface area contributed by atoms with E-state index in [2.05, 4.69) is 26.9 Å². The van der Waals surface area contributed by atoms with Crippen LogP contribution in [0.15, 0.2) is 36.7 Å². The summed E-state index contributed by atoms with van der Waals surface area (Å²) in [7, 11) is 0. The summed E-state index contributed by atoms with van der Waals surface area (Å²) in [5.74, 6) is 2.34. The molecule has 0 spiro atoms. The quantitative estimate of drug-likeness (QED) is 0.675. The Morgan fingerprint density at radius 2 is 2.00 bits per heavy atom. The number of hydrogen-bond acceptors (Lipinski definition) is 6. The SMILES string of the molecule is CCCOc1cccc(C(=O)N2CCN(c3cc(C)nc4ncnn34)CC2)c1. The predicted molar refractivity (Wildman–Crippen MR) is 106 cm³/mol. The third-order valence-electron chi connectivity index (χ3n) is 4.81. The van der Waals surface area contributed by atoms with Gasteiger partial charge in [-0.3, -0.25) is 4.79 Å². The van der Waals surface area contributed by atoms with Gasteiger partial charge in [0.1, 0.15) is 17.9 Å². The Labute approximate surface area is 163 Å². The third kappa shape index (κ3) is 3.62. The number of aryl methyl sites for hydroxylation is 1. The molecule has 0 N–H and O–H groups in total. The van der Waals surface area contributed by atoms with Gasteiger partial charge in [-0.05, 0) is 31.5 Å². The van der Waals surface area contributed by atoms with Crippen molar-refractivity contribution in [2.45, 2.75) is 20.3 Å². The van der Waals surface area contributed by atoms with Crippen LogP contribution in [0.2, 0.25) is 0 Å². The van der Waals surface area contributed by atoms with E-state index < -0.39 is 0 Å². The van der Waals surface area contributed by atoms with Crippen LogP contribution in [0, 0.1) is 6.92 Å². The number of aromatic nitrogens is 4. The molecular weight excluding hydrogens is 356 g/mol. The largest absolute Gasteiger partial charge is 0.494 e. The second kappa shape index (κ2) is 7.84. The average Bonchev–Trinajstić information content (AvgIpc) is 3.20. The number of amides is 1. The first-order valence-corrected chi connectivity index (χ1v) is 9.60. The summed E-state index contributed by atoms with van der Waals surface area (Å²) in [5.41, 5.74) is 1.57. The van der Waals surface area contributed by atoms with Gasteiger partial charge in [0.2, 0.25) is 0 Å². The molecule has 8 nitrogen and oxygen atoms in total. The predicted octanol–water partition coefficient (Wildman–Crippen LogP) is 2.18. The monoisotopic (exact) mass is 380 g/mol. The maximum absolute atomic E-state index is 12.9. The van der Waals surface area contributed by atoms with E-state index in [4.69, 9.17) is 4.74 Å². The first-order chi connectivity index (χ1) is 13.7. The van der Waals surface area contributed by atoms with Crippen LogP contribution in [0.5, 0.6) is 5.75 Å². The highest BCUT2D eigenvalue weighted by Gasteiger charge is 2.24. The van der Waals surface area contributed by atoms with E-state index in [9.17, 15) is 4.79 Å². The number of nitrogens with zero attached hydrogens (tertiary/aromatic N) is 6. The van der Waals surface area contributed by atoms with Crippen molar-refractivity contribution in [1.29, 1.82) is 0 Å². The average molecular weight is 380 g/mol. The van der Waals surface area contributed by atoms with Gasteiger partial charge in [-0.2, -0.15) is 14.6 Å². The highest BCUT2D eigenvalue weighted by Crippen LogP contribution is 2.20. The molecule has 1 amide bonds. The summed E-state index contributed by atoms with van der Waals surface area (Å²) in [4.78, 5) is 25.6. The Hall–Kier alpha value is -3.16. The summed E-state index contributed by atoms with van der Waals surface area (Å²) in [6, 6.07) is 9.44. The molecule has 8 heteroatoms. The van der Waals surface area contributed by atoms with E-state index in [1.54, 1.807) is 4.52 Å². The van der Waals surface area contributed by atoms with Crippen LogP contribution in [-0.4, -0.2) is 63.2 Å². The van der Waals surface area contributed by atoms with E-state index in [-0.39, 0.29) is 5.91 Å². The van der Waals surface area contributed by atoms with Gasteiger partial charge in [-0.15, -0.1) is 0 Å². The zero-order valence-electron chi connectivity index (χ0n) is 16.2. The molecule has 0 unspecified atom stereocenters. The first kappa shape index (κ1) is 18.2. The maximum Gasteiger partial charge on any atom is 0.254 e. The van der Waals surface area contributed by atoms with Crippen molar-refractivity contribution < 1.29 is 9.53 Å². The number of anilines is 1. The van der Waals surface area contributed by atoms with Crippen LogP contribution < -0.4 is 9.64 Å². The topological polar surface area (TPSA) is 75.9 Å². The molecule has 3 aromatic rings. The Morgan fingerprint density at radius 1 is 1.18 bits per heavy atom. The van der Waals surface area contributed by atoms with Crippen LogP contribution in [0.4, 0.5) is 5.82 Å². The van der Waals surface area contributed by atoms with Crippen LogP contribution in [0.1, 0.15) is 29.4 Å². The summed E-state index contributed by atoms with van der Waals surface area (Å²) in [6.07, 6.45) is 2.45. The van der Waals surface area contributed by atoms with Crippen molar-refractivity contribution in [3.63, 3.8) is 0 Å². The van der Waals surface area contributed by atoms with E-state index in [1.165, 1.54) is 6.33 Å². The second-order valence-corrected chi connectivity index (χ2v) is 6.88. The summed E-state index contributed by atoms with van der Waals surface area (Å²) >= 11 is 0. The first-order valence-electron chi connectivity index (χ1n) is 9.60. The molecule has 0 radical (unpaired) electrons. The molecule has 3 heterocycles. The Kier molecular flexibility index (Phi) is 5.10. The number of carbonyl (C=O) groups excluding carboxylic acids is 1. The molecule has 146 valence electrons. The lowest BCUT2D eigenvalue weighted by Gasteiger charge is -2.36. The van der Waals surface area contributed by atoms with E-state index >= 15 is 0 Å². The second-order valence-electron chi connectivity index (χ2n) is 6.88. The molecule has 1 saturated heterocycles. The lowest BCUT2D eigenvalue weighted by Crippen LogP contribution is -2.49. The van der Waals surface area contributed by atoms with Gasteiger partial charge in [0.25, 0.3) is 11.7 Å². The molecule has 0 atom stereocenters. The van der Waals surface area contributed by atoms with Crippen molar-refractivity contribution in [3.8, 4) is 5.75 Å². The van der Waals surface area contributed by atoms with Crippen LogP contribution in [0.25, 0.3) is 5.78 Å². The molecule has 1 aromatic carbocycles. The van der Waals surface area contributed by atoms with Crippen LogP contribution in [-0.2, 0) is 0 Å². The summed E-state index contributed by atoms with van der Waals surface area (Å²) in [6.45, 7) is 7.43. The van der Waals surface area contributed by atoms with Crippen molar-refractivity contribution in [3.05, 3.63) is 47.9 Å². The number of benzene rings is 1. The normalized spacial score (nSPS) is 14.5. The lowest BCUT2D eigenvalue weighted by molar-refractivity contribution is 0.0746. The van der Waals surface area contributed by atoms with Crippen molar-refractivity contribution in [2.75, 3.05) is 37.7 Å². The number of hydrogen-bond donors (Lipinski definition) is 0. The molecule has 1 aliphatic heterocycles. The standard InChI is InChI=1S/C20H24N6O2/c1-3-11-28-17-6-4-5-16(13-17)19(27)25-9-7-24(8-10-25)18-12-15(2)23-20-21-14-22-26(18)20/h4-6,12-14H,3,7-11H2,1-2H3. The highest BCUT2D eigenvalue weighted by atomic mass is 16.5. The Balaban J connectivity index is 1.45. The van der Waals surface area contributed by atoms with Crippen molar-refractivity contribution >= 4 is 17.5 Å². The minimum Gasteiger partial charge on any atom is -0.494 e. The number of piperazine rings is 1. The number of rotatable bonds is 5. The molecule has 0 aliphatic carbocycles. The smallest absolute Gasteiger partial charge is 0.254 e. The summed E-state index contributed by atoms with van der Waals surface area (Å²) in [5, 5.41) is 4.28. The number of fused-ring (bicyclic) bond motifs is 1. The maximum atomic E-state index is 12.9. The molecule has 0 bridgehead atoms. The van der Waals surface area contributed by atoms with Crippen LogP contribution >= 0.6 is 0 Å². The van der Waals surface area contributed by atoms with Crippen molar-refractivity contribution in [2.24, 2.45) is 0 Å². The Morgan fingerprint density at radius 3 is 2.79 bits per heavy atom. The van der Waals surface area contributed by atoms with Crippen LogP contribution in [0.3, 0.4) is 0 Å². The van der Waals surface area contributed by atoms with Gasteiger partial charge < -0.3 is 14.5 Å². The fraction of sp³-hybridized carbons (Fsp3) is 0.400. The number of carbonyl (C=O) groups is 1. The molecular formula is C20H24N6O2. The van der Waals surface area contributed by atoms with Gasteiger partial charge >= 0.3 is 0 Å². The van der Waals surface area contributed by atoms with Gasteiger partial charge in [-0.1, -0.05) is 13.0 Å². The summed E-state index contributed by atoms with van der Waals surface area (Å²) < 4.78 is 7.40. The zero-order chi connectivity index (χ0) is 19.5. The molecule has 28 heavy (non-hydrogen) atoms. The fourth-order valence-electron chi connectivity index (χ4n) is 3.40. The minimum absolute atomic E-state index is 0.0402. The lowest BCUT2D eigenvalue weighted by atomic mass is 10.1. The Bertz CT molecular complexity index is 978.